The van der Waals surface area contributed by atoms with Gasteiger partial charge in [0, 0.05) is 9.90 Å². The summed E-state index contributed by atoms with van der Waals surface area (Å²) < 4.78 is 0. The van der Waals surface area contributed by atoms with Crippen molar-refractivity contribution in [3.05, 3.63) is 44.0 Å². The summed E-state index contributed by atoms with van der Waals surface area (Å²) in [6.07, 6.45) is 1.53. The van der Waals surface area contributed by atoms with Crippen LogP contribution in [0, 0.1) is 13.8 Å². The molecule has 0 fully saturated rings. The first-order valence-electron chi connectivity index (χ1n) is 6.09. The minimum absolute atomic E-state index is 0.448. The van der Waals surface area contributed by atoms with Crippen LogP contribution >= 0.6 is 46.1 Å². The Balaban J connectivity index is 2.15. The molecule has 0 saturated carbocycles. The Morgan fingerprint density at radius 2 is 1.71 bits per heavy atom. The molecule has 0 atom stereocenters. The van der Waals surface area contributed by atoms with E-state index in [0.29, 0.717) is 26.6 Å². The summed E-state index contributed by atoms with van der Waals surface area (Å²) in [6.45, 7) is 4.11. The molecule has 2 aromatic heterocycles. The summed E-state index contributed by atoms with van der Waals surface area (Å²) in [6, 6.07) is 3.28. The third kappa shape index (κ3) is 2.69. The molecular weight excluding hydrogens is 349 g/mol. The zero-order chi connectivity index (χ0) is 15.1. The second-order valence-electron chi connectivity index (χ2n) is 4.56. The lowest BCUT2D eigenvalue weighted by Gasteiger charge is -2.11. The van der Waals surface area contributed by atoms with Crippen molar-refractivity contribution in [1.82, 2.24) is 9.97 Å². The van der Waals surface area contributed by atoms with E-state index in [2.05, 4.69) is 22.2 Å². The number of hydrogen-bond acceptors (Lipinski definition) is 4. The van der Waals surface area contributed by atoms with Crippen molar-refractivity contribution in [2.45, 2.75) is 13.8 Å². The van der Waals surface area contributed by atoms with Crippen LogP contribution in [0.25, 0.3) is 10.2 Å². The first-order valence-corrected chi connectivity index (χ1v) is 8.04. The molecule has 2 heterocycles. The molecule has 1 N–H and O–H groups in total. The van der Waals surface area contributed by atoms with Gasteiger partial charge in [0.05, 0.1) is 21.1 Å². The molecule has 0 unspecified atom stereocenters. The predicted molar refractivity (Wildman–Crippen MR) is 91.6 cm³/mol. The van der Waals surface area contributed by atoms with Crippen LogP contribution in [0.15, 0.2) is 18.5 Å². The summed E-state index contributed by atoms with van der Waals surface area (Å²) in [7, 11) is 0. The Morgan fingerprint density at radius 3 is 2.38 bits per heavy atom. The van der Waals surface area contributed by atoms with Crippen molar-refractivity contribution in [3.8, 4) is 0 Å². The zero-order valence-electron chi connectivity index (χ0n) is 11.2. The van der Waals surface area contributed by atoms with E-state index in [1.54, 1.807) is 23.5 Å². The summed E-state index contributed by atoms with van der Waals surface area (Å²) in [4.78, 5) is 10.8. The standard InChI is InChI=1S/C14H10Cl3N3S/c1-6-7(2)21-14-11(6)13(18-5-19-14)20-12-9(16)3-8(15)4-10(12)17/h3-5H,1-2H3,(H,18,19,20). The number of aryl methyl sites for hydroxylation is 2. The third-order valence-electron chi connectivity index (χ3n) is 3.22. The van der Waals surface area contributed by atoms with E-state index in [-0.39, 0.29) is 0 Å². The molecule has 0 aliphatic rings. The number of benzene rings is 1. The number of fused-ring (bicyclic) bond motifs is 1. The van der Waals surface area contributed by atoms with Gasteiger partial charge in [0.25, 0.3) is 0 Å². The first-order chi connectivity index (χ1) is 9.97. The smallest absolute Gasteiger partial charge is 0.142 e. The largest absolute Gasteiger partial charge is 0.337 e. The van der Waals surface area contributed by atoms with Crippen LogP contribution in [0.2, 0.25) is 15.1 Å². The molecule has 0 aliphatic carbocycles. The van der Waals surface area contributed by atoms with Crippen molar-refractivity contribution in [2.24, 2.45) is 0 Å². The van der Waals surface area contributed by atoms with Gasteiger partial charge in [-0.2, -0.15) is 0 Å². The molecule has 0 saturated heterocycles. The van der Waals surface area contributed by atoms with E-state index < -0.39 is 0 Å². The third-order valence-corrected chi connectivity index (χ3v) is 5.15. The molecule has 7 heteroatoms. The van der Waals surface area contributed by atoms with Crippen LogP contribution in [-0.2, 0) is 0 Å². The summed E-state index contributed by atoms with van der Waals surface area (Å²) in [5.74, 6) is 0.688. The molecule has 1 aromatic carbocycles. The van der Waals surface area contributed by atoms with Crippen LogP contribution in [0.5, 0.6) is 0 Å². The SMILES string of the molecule is Cc1sc2ncnc(Nc3c(Cl)cc(Cl)cc3Cl)c2c1C. The van der Waals surface area contributed by atoms with Gasteiger partial charge in [0.2, 0.25) is 0 Å². The maximum atomic E-state index is 6.21. The number of aromatic nitrogens is 2. The minimum atomic E-state index is 0.448. The molecule has 21 heavy (non-hydrogen) atoms. The molecule has 3 aromatic rings. The average molecular weight is 359 g/mol. The Hall–Kier alpha value is -1.07. The minimum Gasteiger partial charge on any atom is -0.337 e. The molecule has 0 radical (unpaired) electrons. The van der Waals surface area contributed by atoms with E-state index >= 15 is 0 Å². The maximum absolute atomic E-state index is 6.21. The van der Waals surface area contributed by atoms with Gasteiger partial charge in [0.15, 0.2) is 0 Å². The van der Waals surface area contributed by atoms with Gasteiger partial charge >= 0.3 is 0 Å². The average Bonchev–Trinajstić information content (AvgIpc) is 2.70. The lowest BCUT2D eigenvalue weighted by atomic mass is 10.2. The number of hydrogen-bond donors (Lipinski definition) is 1. The van der Waals surface area contributed by atoms with Crippen molar-refractivity contribution >= 4 is 67.9 Å². The topological polar surface area (TPSA) is 37.8 Å². The van der Waals surface area contributed by atoms with Crippen LogP contribution in [0.3, 0.4) is 0 Å². The van der Waals surface area contributed by atoms with E-state index in [1.165, 1.54) is 11.2 Å². The van der Waals surface area contributed by atoms with Gasteiger partial charge < -0.3 is 5.32 Å². The van der Waals surface area contributed by atoms with E-state index in [0.717, 1.165) is 15.8 Å². The van der Waals surface area contributed by atoms with E-state index in [1.807, 2.05) is 6.92 Å². The van der Waals surface area contributed by atoms with Gasteiger partial charge in [-0.25, -0.2) is 9.97 Å². The van der Waals surface area contributed by atoms with Gasteiger partial charge in [-0.3, -0.25) is 0 Å². The highest BCUT2D eigenvalue weighted by Crippen LogP contribution is 2.38. The van der Waals surface area contributed by atoms with Crippen molar-refractivity contribution < 1.29 is 0 Å². The van der Waals surface area contributed by atoms with Gasteiger partial charge in [-0.1, -0.05) is 34.8 Å². The summed E-state index contributed by atoms with van der Waals surface area (Å²) in [5, 5.41) is 5.57. The molecule has 3 nitrogen and oxygen atoms in total. The highest BCUT2D eigenvalue weighted by molar-refractivity contribution is 7.18. The quantitative estimate of drug-likeness (QED) is 0.609. The number of rotatable bonds is 2. The molecular formula is C14H10Cl3N3S. The van der Waals surface area contributed by atoms with Gasteiger partial charge in [-0.15, -0.1) is 11.3 Å². The lowest BCUT2D eigenvalue weighted by Crippen LogP contribution is -1.97. The van der Waals surface area contributed by atoms with Crippen molar-refractivity contribution in [3.63, 3.8) is 0 Å². The Morgan fingerprint density at radius 1 is 1.05 bits per heavy atom. The molecule has 0 spiro atoms. The Bertz CT molecular complexity index is 822. The zero-order valence-corrected chi connectivity index (χ0v) is 14.3. The Labute approximate surface area is 140 Å². The Kier molecular flexibility index (Phi) is 3.97. The predicted octanol–water partition coefficient (Wildman–Crippen LogP) is 6.01. The van der Waals surface area contributed by atoms with Crippen LogP contribution in [0.1, 0.15) is 10.4 Å². The molecule has 0 amide bonds. The second-order valence-corrected chi connectivity index (χ2v) is 7.01. The van der Waals surface area contributed by atoms with Crippen LogP contribution < -0.4 is 5.32 Å². The number of halogens is 3. The van der Waals surface area contributed by atoms with E-state index in [4.69, 9.17) is 34.8 Å². The fourth-order valence-corrected chi connectivity index (χ4v) is 3.97. The summed E-state index contributed by atoms with van der Waals surface area (Å²) >= 11 is 20.0. The molecule has 3 rings (SSSR count). The van der Waals surface area contributed by atoms with Crippen LogP contribution in [0.4, 0.5) is 11.5 Å². The first kappa shape index (κ1) is 14.9. The van der Waals surface area contributed by atoms with Crippen LogP contribution in [-0.4, -0.2) is 9.97 Å². The second kappa shape index (κ2) is 5.61. The van der Waals surface area contributed by atoms with Gasteiger partial charge in [-0.05, 0) is 31.5 Å². The normalized spacial score (nSPS) is 11.1. The lowest BCUT2D eigenvalue weighted by molar-refractivity contribution is 1.22. The fourth-order valence-electron chi connectivity index (χ4n) is 2.06. The number of nitrogens with one attached hydrogen (secondary N) is 1. The fraction of sp³-hybridized carbons (Fsp3) is 0.143. The number of thiophene rings is 1. The van der Waals surface area contributed by atoms with Crippen molar-refractivity contribution in [1.29, 1.82) is 0 Å². The molecule has 0 aliphatic heterocycles. The number of nitrogens with zero attached hydrogens (tertiary/aromatic N) is 2. The van der Waals surface area contributed by atoms with Crippen molar-refractivity contribution in [2.75, 3.05) is 5.32 Å². The highest BCUT2D eigenvalue weighted by atomic mass is 35.5. The van der Waals surface area contributed by atoms with Gasteiger partial charge in [0.1, 0.15) is 17.0 Å². The molecule has 0 bridgehead atoms. The maximum Gasteiger partial charge on any atom is 0.142 e. The number of anilines is 2. The molecule has 108 valence electrons. The monoisotopic (exact) mass is 357 g/mol. The van der Waals surface area contributed by atoms with E-state index in [9.17, 15) is 0 Å². The summed E-state index contributed by atoms with van der Waals surface area (Å²) in [5.41, 5.74) is 1.74. The highest BCUT2D eigenvalue weighted by Gasteiger charge is 2.15.